The highest BCUT2D eigenvalue weighted by atomic mass is 16.6. The lowest BCUT2D eigenvalue weighted by atomic mass is 9.98. The molecule has 0 saturated heterocycles. The lowest BCUT2D eigenvalue weighted by molar-refractivity contribution is -0.158. The monoisotopic (exact) mass is 733 g/mol. The molecule has 3 atom stereocenters. The molecule has 0 radical (unpaired) electrons. The van der Waals surface area contributed by atoms with Crippen LogP contribution in [0.2, 0.25) is 0 Å². The summed E-state index contributed by atoms with van der Waals surface area (Å²) in [5.74, 6) is -1.28. The van der Waals surface area contributed by atoms with Crippen LogP contribution in [0.3, 0.4) is 0 Å². The van der Waals surface area contributed by atoms with E-state index in [9.17, 15) is 19.2 Å². The molecule has 0 fully saturated rings. The molecule has 0 unspecified atom stereocenters. The zero-order valence-corrected chi connectivity index (χ0v) is 32.1. The third-order valence-corrected chi connectivity index (χ3v) is 8.77. The average molecular weight is 734 g/mol. The standard InChI is InChI=1S/C44H51N3O7/c1-28(41(50)54-44(5,6)7)45-39(48)37(25-29-15-9-8-10-16-29)46-40(49)38(26-30-21-23-31(24-22-30)53-43(2,3)4)47-42(51)52-27-36-34-19-13-11-17-32(34)33-18-12-14-20-35(33)36/h8-24,28,36-38H,25-27H2,1-7H3,(H,45,48)(H,46,49)(H,47,51)/t28-,37-,38-/m0/s1. The highest BCUT2D eigenvalue weighted by Crippen LogP contribution is 2.44. The molecule has 0 bridgehead atoms. The van der Waals surface area contributed by atoms with E-state index in [4.69, 9.17) is 14.2 Å². The number of esters is 1. The van der Waals surface area contributed by atoms with Crippen LogP contribution in [-0.2, 0) is 36.7 Å². The quantitative estimate of drug-likeness (QED) is 0.128. The van der Waals surface area contributed by atoms with Gasteiger partial charge in [-0.3, -0.25) is 9.59 Å². The summed E-state index contributed by atoms with van der Waals surface area (Å²) in [4.78, 5) is 54.1. The summed E-state index contributed by atoms with van der Waals surface area (Å²) in [5, 5.41) is 8.32. The number of rotatable bonds is 13. The smallest absolute Gasteiger partial charge is 0.407 e. The maximum absolute atomic E-state index is 14.2. The molecule has 1 aliphatic rings. The zero-order chi connectivity index (χ0) is 39.0. The Hall–Kier alpha value is -5.64. The molecule has 5 rings (SSSR count). The molecule has 4 aromatic carbocycles. The molecular formula is C44H51N3O7. The minimum Gasteiger partial charge on any atom is -0.488 e. The molecule has 4 aromatic rings. The first-order chi connectivity index (χ1) is 25.6. The van der Waals surface area contributed by atoms with Gasteiger partial charge in [0, 0.05) is 18.8 Å². The van der Waals surface area contributed by atoms with Gasteiger partial charge in [0.15, 0.2) is 0 Å². The molecule has 0 aliphatic heterocycles. The Labute approximate surface area is 318 Å². The van der Waals surface area contributed by atoms with Crippen LogP contribution in [0, 0.1) is 0 Å². The Bertz CT molecular complexity index is 1880. The topological polar surface area (TPSA) is 132 Å². The van der Waals surface area contributed by atoms with Crippen LogP contribution in [0.1, 0.15) is 76.6 Å². The SMILES string of the molecule is C[C@H](NC(=O)[C@H](Cc1ccccc1)NC(=O)[C@H](Cc1ccc(OC(C)(C)C)cc1)NC(=O)OCC1c2ccccc2-c2ccccc21)C(=O)OC(C)(C)C. The van der Waals surface area contributed by atoms with Gasteiger partial charge in [-0.1, -0.05) is 91.0 Å². The normalized spacial score (nSPS) is 14.1. The van der Waals surface area contributed by atoms with Crippen molar-refractivity contribution in [3.63, 3.8) is 0 Å². The summed E-state index contributed by atoms with van der Waals surface area (Å²) < 4.78 is 17.2. The van der Waals surface area contributed by atoms with Crippen LogP contribution in [0.4, 0.5) is 4.79 Å². The van der Waals surface area contributed by atoms with E-state index in [1.165, 1.54) is 6.92 Å². The summed E-state index contributed by atoms with van der Waals surface area (Å²) in [6.07, 6.45) is -0.539. The maximum Gasteiger partial charge on any atom is 0.407 e. The van der Waals surface area contributed by atoms with E-state index in [0.29, 0.717) is 5.75 Å². The Morgan fingerprint density at radius 1 is 0.611 bits per heavy atom. The molecular weight excluding hydrogens is 682 g/mol. The number of amides is 3. The van der Waals surface area contributed by atoms with Crippen LogP contribution in [0.25, 0.3) is 11.1 Å². The fourth-order valence-corrected chi connectivity index (χ4v) is 6.37. The second kappa shape index (κ2) is 17.0. The number of alkyl carbamates (subject to hydrolysis) is 1. The van der Waals surface area contributed by atoms with Gasteiger partial charge in [-0.05, 0) is 94.0 Å². The number of benzene rings is 4. The van der Waals surface area contributed by atoms with Crippen molar-refractivity contribution in [2.75, 3.05) is 6.61 Å². The van der Waals surface area contributed by atoms with Gasteiger partial charge in [0.25, 0.3) is 0 Å². The number of ether oxygens (including phenoxy) is 3. The maximum atomic E-state index is 14.2. The summed E-state index contributed by atoms with van der Waals surface area (Å²) in [6, 6.07) is 29.4. The van der Waals surface area contributed by atoms with Crippen LogP contribution in [-0.4, -0.2) is 59.8 Å². The van der Waals surface area contributed by atoms with Crippen molar-refractivity contribution < 1.29 is 33.4 Å². The van der Waals surface area contributed by atoms with Gasteiger partial charge in [0.05, 0.1) is 0 Å². The van der Waals surface area contributed by atoms with Gasteiger partial charge in [-0.25, -0.2) is 9.59 Å². The lowest BCUT2D eigenvalue weighted by Gasteiger charge is -2.26. The number of carbonyl (C=O) groups is 4. The van der Waals surface area contributed by atoms with Crippen molar-refractivity contribution >= 4 is 23.9 Å². The van der Waals surface area contributed by atoms with E-state index in [0.717, 1.165) is 33.4 Å². The van der Waals surface area contributed by atoms with E-state index < -0.39 is 53.2 Å². The number of nitrogens with one attached hydrogen (secondary N) is 3. The number of hydrogen-bond donors (Lipinski definition) is 3. The summed E-state index contributed by atoms with van der Waals surface area (Å²) in [7, 11) is 0. The lowest BCUT2D eigenvalue weighted by Crippen LogP contribution is -2.57. The third-order valence-electron chi connectivity index (χ3n) is 8.77. The summed E-state index contributed by atoms with van der Waals surface area (Å²) >= 11 is 0. The Kier molecular flexibility index (Phi) is 12.5. The Balaban J connectivity index is 1.35. The molecule has 3 amide bonds. The van der Waals surface area contributed by atoms with Crippen LogP contribution in [0.5, 0.6) is 5.75 Å². The molecule has 3 N–H and O–H groups in total. The average Bonchev–Trinajstić information content (AvgIpc) is 3.43. The van der Waals surface area contributed by atoms with Gasteiger partial charge in [-0.15, -0.1) is 0 Å². The molecule has 284 valence electrons. The van der Waals surface area contributed by atoms with Crippen molar-refractivity contribution in [2.45, 2.75) is 96.6 Å². The van der Waals surface area contributed by atoms with Crippen molar-refractivity contribution in [2.24, 2.45) is 0 Å². The van der Waals surface area contributed by atoms with Crippen LogP contribution >= 0.6 is 0 Å². The van der Waals surface area contributed by atoms with E-state index >= 15 is 0 Å². The van der Waals surface area contributed by atoms with Crippen molar-refractivity contribution in [1.82, 2.24) is 16.0 Å². The largest absolute Gasteiger partial charge is 0.488 e. The Morgan fingerprint density at radius 3 is 1.67 bits per heavy atom. The molecule has 1 aliphatic carbocycles. The van der Waals surface area contributed by atoms with Gasteiger partial charge in [-0.2, -0.15) is 0 Å². The number of hydrogen-bond acceptors (Lipinski definition) is 7. The molecule has 10 heteroatoms. The summed E-state index contributed by atoms with van der Waals surface area (Å²) in [6.45, 7) is 12.7. The van der Waals surface area contributed by atoms with Gasteiger partial charge >= 0.3 is 12.1 Å². The number of carbonyl (C=O) groups excluding carboxylic acids is 4. The minimum atomic E-state index is -1.12. The van der Waals surface area contributed by atoms with E-state index in [2.05, 4.69) is 28.1 Å². The van der Waals surface area contributed by atoms with Crippen LogP contribution < -0.4 is 20.7 Å². The minimum absolute atomic E-state index is 0.0641. The predicted octanol–water partition coefficient (Wildman–Crippen LogP) is 6.89. The zero-order valence-electron chi connectivity index (χ0n) is 32.1. The summed E-state index contributed by atoms with van der Waals surface area (Å²) in [5.41, 5.74) is 4.72. The predicted molar refractivity (Wildman–Crippen MR) is 208 cm³/mol. The first-order valence-electron chi connectivity index (χ1n) is 18.3. The van der Waals surface area contributed by atoms with E-state index in [1.807, 2.05) is 112 Å². The second-order valence-electron chi connectivity index (χ2n) is 15.6. The first-order valence-corrected chi connectivity index (χ1v) is 18.3. The second-order valence-corrected chi connectivity index (χ2v) is 15.6. The van der Waals surface area contributed by atoms with Gasteiger partial charge in [0.2, 0.25) is 11.8 Å². The highest BCUT2D eigenvalue weighted by Gasteiger charge is 2.32. The van der Waals surface area contributed by atoms with E-state index in [-0.39, 0.29) is 25.4 Å². The first kappa shape index (κ1) is 39.6. The molecule has 0 saturated carbocycles. The molecule has 0 spiro atoms. The molecule has 54 heavy (non-hydrogen) atoms. The number of fused-ring (bicyclic) bond motifs is 3. The highest BCUT2D eigenvalue weighted by molar-refractivity contribution is 5.93. The fraction of sp³-hybridized carbons (Fsp3) is 0.364. The van der Waals surface area contributed by atoms with Gasteiger partial charge < -0.3 is 30.2 Å². The van der Waals surface area contributed by atoms with Gasteiger partial charge in [0.1, 0.15) is 41.7 Å². The van der Waals surface area contributed by atoms with Crippen molar-refractivity contribution in [3.05, 3.63) is 125 Å². The van der Waals surface area contributed by atoms with Crippen LogP contribution in [0.15, 0.2) is 103 Å². The van der Waals surface area contributed by atoms with Crippen molar-refractivity contribution in [3.8, 4) is 16.9 Å². The fourth-order valence-electron chi connectivity index (χ4n) is 6.37. The van der Waals surface area contributed by atoms with Crippen molar-refractivity contribution in [1.29, 1.82) is 0 Å². The van der Waals surface area contributed by atoms with E-state index in [1.54, 1.807) is 20.8 Å². The third kappa shape index (κ3) is 10.9. The molecule has 10 nitrogen and oxygen atoms in total. The molecule has 0 aromatic heterocycles. The molecule has 0 heterocycles. The Morgan fingerprint density at radius 2 is 1.11 bits per heavy atom.